The number of nitrogens with zero attached hydrogens (tertiary/aromatic N) is 2. The fourth-order valence-corrected chi connectivity index (χ4v) is 2.55. The monoisotopic (exact) mass is 321 g/mol. The van der Waals surface area contributed by atoms with Crippen molar-refractivity contribution in [3.8, 4) is 5.69 Å². The van der Waals surface area contributed by atoms with Gasteiger partial charge in [-0.05, 0) is 50.6 Å². The van der Waals surface area contributed by atoms with Crippen molar-refractivity contribution < 1.29 is 0 Å². The number of hydrogen-bond donors (Lipinski definition) is 1. The molecule has 19 heavy (non-hydrogen) atoms. The molecule has 1 N–H and O–H groups in total. The van der Waals surface area contributed by atoms with Crippen LogP contribution in [0.15, 0.2) is 22.7 Å². The highest BCUT2D eigenvalue weighted by molar-refractivity contribution is 9.10. The maximum absolute atomic E-state index is 4.59. The van der Waals surface area contributed by atoms with E-state index in [4.69, 9.17) is 0 Å². The van der Waals surface area contributed by atoms with Crippen molar-refractivity contribution in [3.63, 3.8) is 0 Å². The molecule has 0 bridgehead atoms. The number of hydrogen-bond acceptors (Lipinski definition) is 2. The SMILES string of the molecule is CCNCc1ccc(-n2nc(C)c(C)c2C)cc1Br. The summed E-state index contributed by atoms with van der Waals surface area (Å²) in [6.45, 7) is 10.2. The number of aryl methyl sites for hydroxylation is 1. The first-order valence-corrected chi connectivity index (χ1v) is 7.36. The minimum absolute atomic E-state index is 0.882. The summed E-state index contributed by atoms with van der Waals surface area (Å²) in [5.74, 6) is 0. The van der Waals surface area contributed by atoms with E-state index in [0.717, 1.165) is 28.9 Å². The lowest BCUT2D eigenvalue weighted by molar-refractivity contribution is 0.724. The molecule has 1 heterocycles. The van der Waals surface area contributed by atoms with Gasteiger partial charge in [0.2, 0.25) is 0 Å². The number of rotatable bonds is 4. The molecule has 0 aliphatic heterocycles. The fraction of sp³-hybridized carbons (Fsp3) is 0.400. The minimum Gasteiger partial charge on any atom is -0.313 e. The van der Waals surface area contributed by atoms with E-state index in [1.807, 2.05) is 11.6 Å². The molecular formula is C15H20BrN3. The lowest BCUT2D eigenvalue weighted by Crippen LogP contribution is -2.12. The minimum atomic E-state index is 0.882. The van der Waals surface area contributed by atoms with Gasteiger partial charge in [-0.15, -0.1) is 0 Å². The van der Waals surface area contributed by atoms with Gasteiger partial charge in [0.15, 0.2) is 0 Å². The summed E-state index contributed by atoms with van der Waals surface area (Å²) in [6, 6.07) is 6.40. The van der Waals surface area contributed by atoms with E-state index >= 15 is 0 Å². The third kappa shape index (κ3) is 2.90. The van der Waals surface area contributed by atoms with Crippen LogP contribution in [0.2, 0.25) is 0 Å². The van der Waals surface area contributed by atoms with Crippen LogP contribution in [0, 0.1) is 20.8 Å². The highest BCUT2D eigenvalue weighted by atomic mass is 79.9. The third-order valence-corrected chi connectivity index (χ3v) is 4.24. The predicted molar refractivity (Wildman–Crippen MR) is 82.9 cm³/mol. The van der Waals surface area contributed by atoms with Crippen molar-refractivity contribution in [2.45, 2.75) is 34.2 Å². The lowest BCUT2D eigenvalue weighted by Gasteiger charge is -2.09. The largest absolute Gasteiger partial charge is 0.313 e. The smallest absolute Gasteiger partial charge is 0.0660 e. The topological polar surface area (TPSA) is 29.9 Å². The molecule has 0 atom stereocenters. The molecule has 3 nitrogen and oxygen atoms in total. The predicted octanol–water partition coefficient (Wildman–Crippen LogP) is 3.67. The standard InChI is InChI=1S/C15H20BrN3/c1-5-17-9-13-6-7-14(8-15(13)16)19-12(4)10(2)11(3)18-19/h6-8,17H,5,9H2,1-4H3. The number of aromatic nitrogens is 2. The van der Waals surface area contributed by atoms with Crippen LogP contribution in [0.4, 0.5) is 0 Å². The van der Waals surface area contributed by atoms with E-state index in [0.29, 0.717) is 0 Å². The van der Waals surface area contributed by atoms with Gasteiger partial charge in [0, 0.05) is 16.7 Å². The first-order chi connectivity index (χ1) is 9.04. The van der Waals surface area contributed by atoms with Crippen LogP contribution in [0.25, 0.3) is 5.69 Å². The van der Waals surface area contributed by atoms with Gasteiger partial charge in [0.25, 0.3) is 0 Å². The quantitative estimate of drug-likeness (QED) is 0.931. The van der Waals surface area contributed by atoms with Gasteiger partial charge in [-0.1, -0.05) is 28.9 Å². The molecule has 0 saturated carbocycles. The van der Waals surface area contributed by atoms with Gasteiger partial charge >= 0.3 is 0 Å². The molecule has 0 spiro atoms. The van der Waals surface area contributed by atoms with E-state index in [9.17, 15) is 0 Å². The second kappa shape index (κ2) is 5.88. The summed E-state index contributed by atoms with van der Waals surface area (Å²) in [4.78, 5) is 0. The van der Waals surface area contributed by atoms with E-state index in [-0.39, 0.29) is 0 Å². The Morgan fingerprint density at radius 3 is 2.53 bits per heavy atom. The number of nitrogens with one attached hydrogen (secondary N) is 1. The first kappa shape index (κ1) is 14.3. The van der Waals surface area contributed by atoms with Crippen molar-refractivity contribution >= 4 is 15.9 Å². The van der Waals surface area contributed by atoms with E-state index in [1.54, 1.807) is 0 Å². The van der Waals surface area contributed by atoms with Gasteiger partial charge in [-0.25, -0.2) is 4.68 Å². The van der Waals surface area contributed by atoms with E-state index < -0.39 is 0 Å². The molecule has 2 aromatic rings. The molecule has 0 saturated heterocycles. The summed E-state index contributed by atoms with van der Waals surface area (Å²) in [6.07, 6.45) is 0. The van der Waals surface area contributed by atoms with Crippen LogP contribution in [0.3, 0.4) is 0 Å². The van der Waals surface area contributed by atoms with Crippen molar-refractivity contribution in [2.75, 3.05) is 6.54 Å². The number of benzene rings is 1. The average Bonchev–Trinajstić information content (AvgIpc) is 2.65. The molecule has 4 heteroatoms. The molecule has 0 fully saturated rings. The van der Waals surface area contributed by atoms with E-state index in [1.165, 1.54) is 16.8 Å². The van der Waals surface area contributed by atoms with E-state index in [2.05, 4.69) is 65.3 Å². The van der Waals surface area contributed by atoms with Crippen LogP contribution in [-0.4, -0.2) is 16.3 Å². The molecule has 1 aromatic heterocycles. The molecule has 0 unspecified atom stereocenters. The summed E-state index contributed by atoms with van der Waals surface area (Å²) < 4.78 is 3.13. The Hall–Kier alpha value is -1.13. The first-order valence-electron chi connectivity index (χ1n) is 6.57. The molecule has 2 rings (SSSR count). The molecule has 1 aromatic carbocycles. The van der Waals surface area contributed by atoms with Crippen LogP contribution >= 0.6 is 15.9 Å². The fourth-order valence-electron chi connectivity index (χ4n) is 2.04. The highest BCUT2D eigenvalue weighted by Crippen LogP contribution is 2.23. The Labute approximate surface area is 123 Å². The Morgan fingerprint density at radius 1 is 1.26 bits per heavy atom. The maximum atomic E-state index is 4.59. The Balaban J connectivity index is 2.36. The Bertz CT molecular complexity index is 587. The van der Waals surface area contributed by atoms with Gasteiger partial charge < -0.3 is 5.32 Å². The van der Waals surface area contributed by atoms with Crippen molar-refractivity contribution in [2.24, 2.45) is 0 Å². The van der Waals surface area contributed by atoms with Crippen LogP contribution in [0.5, 0.6) is 0 Å². The summed E-state index contributed by atoms with van der Waals surface area (Å²) in [5.41, 5.74) is 5.91. The molecule has 0 amide bonds. The van der Waals surface area contributed by atoms with Crippen LogP contribution < -0.4 is 5.32 Å². The third-order valence-electron chi connectivity index (χ3n) is 3.50. The molecule has 102 valence electrons. The summed E-state index contributed by atoms with van der Waals surface area (Å²) in [5, 5.41) is 7.93. The maximum Gasteiger partial charge on any atom is 0.0660 e. The summed E-state index contributed by atoms with van der Waals surface area (Å²) in [7, 11) is 0. The Morgan fingerprint density at radius 2 is 2.00 bits per heavy atom. The zero-order valence-corrected chi connectivity index (χ0v) is 13.5. The zero-order valence-electron chi connectivity index (χ0n) is 11.9. The second-order valence-corrected chi connectivity index (χ2v) is 5.62. The zero-order chi connectivity index (χ0) is 14.0. The highest BCUT2D eigenvalue weighted by Gasteiger charge is 2.10. The summed E-state index contributed by atoms with van der Waals surface area (Å²) >= 11 is 3.64. The number of halogens is 1. The van der Waals surface area contributed by atoms with Gasteiger partial charge in [0.05, 0.1) is 11.4 Å². The molecule has 0 aliphatic carbocycles. The van der Waals surface area contributed by atoms with Crippen molar-refractivity contribution in [3.05, 3.63) is 45.2 Å². The lowest BCUT2D eigenvalue weighted by atomic mass is 10.2. The van der Waals surface area contributed by atoms with Crippen molar-refractivity contribution in [1.29, 1.82) is 0 Å². The second-order valence-electron chi connectivity index (χ2n) is 4.76. The molecule has 0 radical (unpaired) electrons. The van der Waals surface area contributed by atoms with Gasteiger partial charge in [-0.3, -0.25) is 0 Å². The Kier molecular flexibility index (Phi) is 4.42. The normalized spacial score (nSPS) is 11.0. The van der Waals surface area contributed by atoms with Crippen molar-refractivity contribution in [1.82, 2.24) is 15.1 Å². The van der Waals surface area contributed by atoms with Gasteiger partial charge in [0.1, 0.15) is 0 Å². The van der Waals surface area contributed by atoms with Gasteiger partial charge in [-0.2, -0.15) is 5.10 Å². The average molecular weight is 322 g/mol. The molecule has 0 aliphatic rings. The molecular weight excluding hydrogens is 302 g/mol. The van der Waals surface area contributed by atoms with Crippen LogP contribution in [0.1, 0.15) is 29.4 Å². The van der Waals surface area contributed by atoms with Crippen LogP contribution in [-0.2, 0) is 6.54 Å².